The average Bonchev–Trinajstić information content (AvgIpc) is 2.65. The number of hydrogen-bond acceptors (Lipinski definition) is 1. The fourth-order valence-electron chi connectivity index (χ4n) is 2.48. The Kier molecular flexibility index (Phi) is 7.54. The van der Waals surface area contributed by atoms with Gasteiger partial charge in [-0.15, -0.1) is 0 Å². The van der Waals surface area contributed by atoms with E-state index in [4.69, 9.17) is 0 Å². The molecule has 0 aliphatic carbocycles. The molecule has 0 saturated heterocycles. The van der Waals surface area contributed by atoms with Gasteiger partial charge in [-0.1, -0.05) is 61.9 Å². The molecule has 0 radical (unpaired) electrons. The van der Waals surface area contributed by atoms with Gasteiger partial charge in [0.1, 0.15) is 6.61 Å². The molecule has 0 aliphatic heterocycles. The molecule has 2 aromatic carbocycles. The summed E-state index contributed by atoms with van der Waals surface area (Å²) in [5.74, 6) is -1.99. The third-order valence-electron chi connectivity index (χ3n) is 3.96. The summed E-state index contributed by atoms with van der Waals surface area (Å²) in [6.45, 7) is 0.471. The number of hydrogen-bond donors (Lipinski definition) is 0. The first-order valence-corrected chi connectivity index (χ1v) is 8.68. The van der Waals surface area contributed by atoms with Crippen molar-refractivity contribution in [2.75, 3.05) is 6.61 Å². The molecule has 0 heterocycles. The lowest BCUT2D eigenvalue weighted by molar-refractivity contribution is -0.176. The summed E-state index contributed by atoms with van der Waals surface area (Å²) < 4.78 is 69.4. The molecule has 2 aromatic rings. The van der Waals surface area contributed by atoms with E-state index in [-0.39, 0.29) is 17.7 Å². The second-order valence-corrected chi connectivity index (χ2v) is 6.23. The van der Waals surface area contributed by atoms with Crippen LogP contribution in [0.1, 0.15) is 42.0 Å². The Morgan fingerprint density at radius 2 is 1.30 bits per heavy atom. The number of unbranched alkanes of at least 4 members (excludes halogenated alkanes) is 1. The van der Waals surface area contributed by atoms with Gasteiger partial charge in [-0.2, -0.15) is 13.2 Å². The van der Waals surface area contributed by atoms with Crippen molar-refractivity contribution in [3.8, 4) is 0 Å². The lowest BCUT2D eigenvalue weighted by atomic mass is 10.0. The lowest BCUT2D eigenvalue weighted by Gasteiger charge is -2.08. The lowest BCUT2D eigenvalue weighted by Crippen LogP contribution is -2.16. The largest absolute Gasteiger partial charge is 0.411 e. The van der Waals surface area contributed by atoms with Gasteiger partial charge >= 0.3 is 6.18 Å². The predicted octanol–water partition coefficient (Wildman–Crippen LogP) is 6.87. The maximum Gasteiger partial charge on any atom is 0.411 e. The standard InChI is InChI=1S/C21H21F5O/c1-2-3-4-15-5-9-17(10-6-15)19(22)20(23)18-11-7-16(8-12-18)13-27-14-21(24,25)26/h5-12H,2-4,13-14H2,1H3/b20-19-. The summed E-state index contributed by atoms with van der Waals surface area (Å²) >= 11 is 0. The average molecular weight is 384 g/mol. The van der Waals surface area contributed by atoms with Crippen LogP contribution in [0.25, 0.3) is 11.7 Å². The van der Waals surface area contributed by atoms with E-state index in [1.54, 1.807) is 24.3 Å². The minimum Gasteiger partial charge on any atom is -0.367 e. The third kappa shape index (κ3) is 6.79. The van der Waals surface area contributed by atoms with Gasteiger partial charge in [0.2, 0.25) is 0 Å². The number of rotatable bonds is 8. The van der Waals surface area contributed by atoms with Crippen LogP contribution in [0.15, 0.2) is 48.5 Å². The normalized spacial score (nSPS) is 12.8. The van der Waals surface area contributed by atoms with Crippen LogP contribution in [0, 0.1) is 0 Å². The van der Waals surface area contributed by atoms with Crippen LogP contribution < -0.4 is 0 Å². The summed E-state index contributed by atoms with van der Waals surface area (Å²) in [6, 6.07) is 12.1. The Labute approximate surface area is 155 Å². The molecular weight excluding hydrogens is 363 g/mol. The molecule has 0 fully saturated rings. The molecule has 0 atom stereocenters. The third-order valence-corrected chi connectivity index (χ3v) is 3.96. The van der Waals surface area contributed by atoms with Gasteiger partial charge in [-0.25, -0.2) is 8.78 Å². The number of ether oxygens (including phenoxy) is 1. The molecule has 0 spiro atoms. The molecule has 27 heavy (non-hydrogen) atoms. The molecule has 0 aliphatic rings. The van der Waals surface area contributed by atoms with Gasteiger partial charge in [0.05, 0.1) is 6.61 Å². The van der Waals surface area contributed by atoms with Crippen molar-refractivity contribution in [3.05, 3.63) is 70.8 Å². The maximum atomic E-state index is 14.4. The fraction of sp³-hybridized carbons (Fsp3) is 0.333. The van der Waals surface area contributed by atoms with E-state index in [1.807, 2.05) is 0 Å². The van der Waals surface area contributed by atoms with Gasteiger partial charge in [-0.3, -0.25) is 0 Å². The number of aryl methyl sites for hydroxylation is 1. The first-order valence-electron chi connectivity index (χ1n) is 8.68. The fourth-order valence-corrected chi connectivity index (χ4v) is 2.48. The zero-order valence-corrected chi connectivity index (χ0v) is 15.0. The molecule has 0 aromatic heterocycles. The molecule has 2 rings (SSSR count). The van der Waals surface area contributed by atoms with Gasteiger partial charge in [0, 0.05) is 11.1 Å². The molecule has 0 saturated carbocycles. The predicted molar refractivity (Wildman–Crippen MR) is 96.2 cm³/mol. The van der Waals surface area contributed by atoms with E-state index in [0.29, 0.717) is 5.56 Å². The van der Waals surface area contributed by atoms with Crippen LogP contribution in [0.2, 0.25) is 0 Å². The summed E-state index contributed by atoms with van der Waals surface area (Å²) in [5.41, 5.74) is 1.67. The van der Waals surface area contributed by atoms with Crippen LogP contribution in [-0.4, -0.2) is 12.8 Å². The minimum atomic E-state index is -4.40. The molecule has 0 N–H and O–H groups in total. The smallest absolute Gasteiger partial charge is 0.367 e. The highest BCUT2D eigenvalue weighted by atomic mass is 19.4. The minimum absolute atomic E-state index is 0.0159. The molecule has 0 amide bonds. The zero-order chi connectivity index (χ0) is 19.9. The van der Waals surface area contributed by atoms with Gasteiger partial charge in [-0.05, 0) is 24.0 Å². The number of benzene rings is 2. The topological polar surface area (TPSA) is 9.23 Å². The van der Waals surface area contributed by atoms with Crippen molar-refractivity contribution in [2.24, 2.45) is 0 Å². The molecular formula is C21H21F5O. The Morgan fingerprint density at radius 3 is 1.74 bits per heavy atom. The van der Waals surface area contributed by atoms with Crippen molar-refractivity contribution in [1.29, 1.82) is 0 Å². The van der Waals surface area contributed by atoms with E-state index in [1.165, 1.54) is 24.3 Å². The highest BCUT2D eigenvalue weighted by Gasteiger charge is 2.27. The van der Waals surface area contributed by atoms with Crippen LogP contribution in [-0.2, 0) is 17.8 Å². The monoisotopic (exact) mass is 384 g/mol. The summed E-state index contributed by atoms with van der Waals surface area (Å²) in [4.78, 5) is 0. The van der Waals surface area contributed by atoms with Crippen LogP contribution >= 0.6 is 0 Å². The Hall–Kier alpha value is -2.21. The first kappa shape index (κ1) is 21.1. The molecule has 6 heteroatoms. The van der Waals surface area contributed by atoms with E-state index in [0.717, 1.165) is 24.8 Å². The maximum absolute atomic E-state index is 14.4. The Bertz CT molecular complexity index is 746. The second-order valence-electron chi connectivity index (χ2n) is 6.23. The quantitative estimate of drug-likeness (QED) is 0.356. The van der Waals surface area contributed by atoms with Crippen LogP contribution in [0.5, 0.6) is 0 Å². The zero-order valence-electron chi connectivity index (χ0n) is 15.0. The Morgan fingerprint density at radius 1 is 0.815 bits per heavy atom. The highest BCUT2D eigenvalue weighted by Crippen LogP contribution is 2.29. The molecule has 1 nitrogen and oxygen atoms in total. The molecule has 0 bridgehead atoms. The van der Waals surface area contributed by atoms with Gasteiger partial charge in [0.15, 0.2) is 11.7 Å². The number of halogens is 5. The highest BCUT2D eigenvalue weighted by molar-refractivity contribution is 5.83. The van der Waals surface area contributed by atoms with Crippen molar-refractivity contribution >= 4 is 11.7 Å². The SMILES string of the molecule is CCCCc1ccc(/C(F)=C(/F)c2ccc(COCC(F)(F)F)cc2)cc1. The Balaban J connectivity index is 2.05. The van der Waals surface area contributed by atoms with Crippen molar-refractivity contribution in [3.63, 3.8) is 0 Å². The van der Waals surface area contributed by atoms with Crippen LogP contribution in [0.4, 0.5) is 22.0 Å². The van der Waals surface area contributed by atoms with E-state index >= 15 is 0 Å². The van der Waals surface area contributed by atoms with Gasteiger partial charge in [0.25, 0.3) is 0 Å². The summed E-state index contributed by atoms with van der Waals surface area (Å²) in [5, 5.41) is 0. The van der Waals surface area contributed by atoms with Gasteiger partial charge < -0.3 is 4.74 Å². The van der Waals surface area contributed by atoms with E-state index in [2.05, 4.69) is 11.7 Å². The van der Waals surface area contributed by atoms with E-state index < -0.39 is 24.4 Å². The summed E-state index contributed by atoms with van der Waals surface area (Å²) in [7, 11) is 0. The summed E-state index contributed by atoms with van der Waals surface area (Å²) in [6.07, 6.45) is -1.42. The second kappa shape index (κ2) is 9.65. The molecule has 146 valence electrons. The van der Waals surface area contributed by atoms with Crippen LogP contribution in [0.3, 0.4) is 0 Å². The first-order chi connectivity index (χ1) is 12.8. The molecule has 0 unspecified atom stereocenters. The van der Waals surface area contributed by atoms with Crippen molar-refractivity contribution in [2.45, 2.75) is 39.0 Å². The van der Waals surface area contributed by atoms with E-state index in [9.17, 15) is 22.0 Å². The number of alkyl halides is 3. The van der Waals surface area contributed by atoms with Crippen molar-refractivity contribution in [1.82, 2.24) is 0 Å². The van der Waals surface area contributed by atoms with Crippen molar-refractivity contribution < 1.29 is 26.7 Å².